The molecule has 20 nitrogen and oxygen atoms in total. The van der Waals surface area contributed by atoms with Crippen molar-refractivity contribution in [3.63, 3.8) is 0 Å². The average molecular weight is 1070 g/mol. The zero-order valence-electron chi connectivity index (χ0n) is 41.3. The highest BCUT2D eigenvalue weighted by molar-refractivity contribution is 7.17. The van der Waals surface area contributed by atoms with Gasteiger partial charge in [-0.1, -0.05) is 18.2 Å². The van der Waals surface area contributed by atoms with Gasteiger partial charge in [0.25, 0.3) is 23.6 Å². The summed E-state index contributed by atoms with van der Waals surface area (Å²) in [6.45, 7) is 6.41. The second-order valence-electron chi connectivity index (χ2n) is 18.1. The molecule has 3 aromatic heterocycles. The SMILES string of the molecule is Cc1csc2c(OC(=O)N3CCN(C(=O)CCOCCOCCOCCOCCNC(=O)CCN4C(=O)C=CC4=O)CC3)cc3c(c12)[C@H](CCl)CN3C(=O)c1cc2cc(NC(=O)c3cc4ccccc4[nH]3)ccc2[nH]1. The van der Waals surface area contributed by atoms with Gasteiger partial charge in [-0.15, -0.1) is 22.9 Å². The fourth-order valence-corrected chi connectivity index (χ4v) is 10.5. The van der Waals surface area contributed by atoms with Crippen molar-refractivity contribution < 1.29 is 57.2 Å². The van der Waals surface area contributed by atoms with E-state index in [-0.39, 0.29) is 81.1 Å². The van der Waals surface area contributed by atoms with Crippen LogP contribution in [0.25, 0.3) is 31.9 Å². The smallest absolute Gasteiger partial charge is 0.409 e. The third-order valence-electron chi connectivity index (χ3n) is 13.1. The van der Waals surface area contributed by atoms with Gasteiger partial charge in [-0.3, -0.25) is 33.7 Å². The number of nitrogens with one attached hydrogen (secondary N) is 4. The highest BCUT2D eigenvalue weighted by atomic mass is 35.5. The first-order valence-electron chi connectivity index (χ1n) is 24.8. The second kappa shape index (κ2) is 24.5. The maximum atomic E-state index is 14.4. The zero-order valence-corrected chi connectivity index (χ0v) is 42.9. The van der Waals surface area contributed by atoms with Crippen LogP contribution in [0.1, 0.15) is 50.9 Å². The number of anilines is 2. The highest BCUT2D eigenvalue weighted by Crippen LogP contribution is 2.49. The molecule has 394 valence electrons. The lowest BCUT2D eigenvalue weighted by atomic mass is 9.97. The van der Waals surface area contributed by atoms with Crippen LogP contribution < -0.4 is 20.3 Å². The number of hydrogen-bond acceptors (Lipinski definition) is 13. The van der Waals surface area contributed by atoms with Crippen LogP contribution >= 0.6 is 22.9 Å². The molecule has 0 aliphatic carbocycles. The van der Waals surface area contributed by atoms with Crippen molar-refractivity contribution >= 4 is 108 Å². The number of carbonyl (C=O) groups excluding carboxylic acids is 7. The van der Waals surface area contributed by atoms with Gasteiger partial charge in [0, 0.05) is 115 Å². The molecule has 0 spiro atoms. The van der Waals surface area contributed by atoms with Gasteiger partial charge >= 0.3 is 6.09 Å². The van der Waals surface area contributed by atoms with Crippen molar-refractivity contribution in [2.24, 2.45) is 0 Å². The summed E-state index contributed by atoms with van der Waals surface area (Å²) in [5.41, 5.74) is 5.48. The van der Waals surface area contributed by atoms with Gasteiger partial charge in [0.05, 0.1) is 69.7 Å². The summed E-state index contributed by atoms with van der Waals surface area (Å²) in [7, 11) is 0. The van der Waals surface area contributed by atoms with E-state index in [0.717, 1.165) is 47.9 Å². The predicted molar refractivity (Wildman–Crippen MR) is 282 cm³/mol. The summed E-state index contributed by atoms with van der Waals surface area (Å²) in [6.07, 6.45) is 2.02. The minimum Gasteiger partial charge on any atom is -0.409 e. The Morgan fingerprint density at radius 1 is 0.747 bits per heavy atom. The van der Waals surface area contributed by atoms with Crippen molar-refractivity contribution in [3.05, 3.63) is 101 Å². The monoisotopic (exact) mass is 1060 g/mol. The Bertz CT molecular complexity index is 3090. The van der Waals surface area contributed by atoms with E-state index in [2.05, 4.69) is 20.6 Å². The number of piperazine rings is 1. The number of aryl methyl sites for hydroxylation is 1. The molecule has 1 atom stereocenters. The maximum absolute atomic E-state index is 14.4. The Labute approximate surface area is 440 Å². The Kier molecular flexibility index (Phi) is 17.2. The van der Waals surface area contributed by atoms with Crippen molar-refractivity contribution in [2.45, 2.75) is 25.7 Å². The first-order valence-corrected chi connectivity index (χ1v) is 26.2. The molecule has 4 N–H and O–H groups in total. The molecular weight excluding hydrogens is 1010 g/mol. The Morgan fingerprint density at radius 2 is 1.40 bits per heavy atom. The molecule has 6 heterocycles. The summed E-state index contributed by atoms with van der Waals surface area (Å²) in [5.74, 6) is -1.31. The van der Waals surface area contributed by atoms with Crippen LogP contribution in [0.3, 0.4) is 0 Å². The second-order valence-corrected chi connectivity index (χ2v) is 19.3. The van der Waals surface area contributed by atoms with Crippen molar-refractivity contribution in [2.75, 3.05) is 115 Å². The number of fused-ring (bicyclic) bond motifs is 5. The topological polar surface area (TPSA) is 234 Å². The van der Waals surface area contributed by atoms with Gasteiger partial charge in [-0.2, -0.15) is 0 Å². The lowest BCUT2D eigenvalue weighted by Gasteiger charge is -2.34. The molecule has 0 bridgehead atoms. The highest BCUT2D eigenvalue weighted by Gasteiger charge is 2.37. The summed E-state index contributed by atoms with van der Waals surface area (Å²) in [6, 6.07) is 18.4. The van der Waals surface area contributed by atoms with Crippen molar-refractivity contribution in [1.29, 1.82) is 0 Å². The number of carbonyl (C=O) groups is 7. The van der Waals surface area contributed by atoms with E-state index < -0.39 is 17.9 Å². The summed E-state index contributed by atoms with van der Waals surface area (Å²) < 4.78 is 29.0. The lowest BCUT2D eigenvalue weighted by Crippen LogP contribution is -2.51. The largest absolute Gasteiger partial charge is 0.415 e. The number of ether oxygens (including phenoxy) is 5. The third-order valence-corrected chi connectivity index (χ3v) is 14.6. The van der Waals surface area contributed by atoms with Crippen LogP contribution in [-0.2, 0) is 38.1 Å². The maximum Gasteiger partial charge on any atom is 0.415 e. The molecular formula is C53H57ClN8O12S. The van der Waals surface area contributed by atoms with E-state index in [1.807, 2.05) is 48.7 Å². The fourth-order valence-electron chi connectivity index (χ4n) is 9.25. The first-order chi connectivity index (χ1) is 36.4. The van der Waals surface area contributed by atoms with Crippen LogP contribution in [0.5, 0.6) is 5.75 Å². The first kappa shape index (κ1) is 52.7. The molecule has 3 aliphatic heterocycles. The molecule has 7 amide bonds. The molecule has 6 aromatic rings. The molecule has 1 saturated heterocycles. The van der Waals surface area contributed by atoms with E-state index in [9.17, 15) is 33.6 Å². The van der Waals surface area contributed by atoms with E-state index in [4.69, 9.17) is 35.3 Å². The number of H-pyrrole nitrogens is 2. The third kappa shape index (κ3) is 12.5. The summed E-state index contributed by atoms with van der Waals surface area (Å²) in [4.78, 5) is 102. The normalized spacial score (nSPS) is 15.5. The Morgan fingerprint density at radius 3 is 2.12 bits per heavy atom. The molecule has 22 heteroatoms. The van der Waals surface area contributed by atoms with Crippen molar-refractivity contribution in [3.8, 4) is 5.75 Å². The lowest BCUT2D eigenvalue weighted by molar-refractivity contribution is -0.137. The van der Waals surface area contributed by atoms with E-state index in [1.54, 1.807) is 39.0 Å². The number of aromatic nitrogens is 2. The van der Waals surface area contributed by atoms with E-state index in [0.29, 0.717) is 94.3 Å². The predicted octanol–water partition coefficient (Wildman–Crippen LogP) is 5.94. The number of halogens is 1. The minimum atomic E-state index is -0.549. The molecule has 0 radical (unpaired) electrons. The molecule has 0 unspecified atom stereocenters. The van der Waals surface area contributed by atoms with Crippen molar-refractivity contribution in [1.82, 2.24) is 30.0 Å². The van der Waals surface area contributed by atoms with Gasteiger partial charge in [-0.05, 0) is 59.8 Å². The Hall–Kier alpha value is -7.14. The molecule has 9 rings (SSSR count). The molecule has 3 aliphatic rings. The van der Waals surface area contributed by atoms with Crippen LogP contribution in [-0.4, -0.2) is 171 Å². The van der Waals surface area contributed by atoms with E-state index in [1.165, 1.54) is 23.5 Å². The Balaban J connectivity index is 0.683. The number of rotatable bonds is 23. The quantitative estimate of drug-likeness (QED) is 0.0332. The van der Waals surface area contributed by atoms with Crippen LogP contribution in [0.2, 0.25) is 0 Å². The number of thiophene rings is 1. The number of imide groups is 1. The number of hydrogen-bond donors (Lipinski definition) is 4. The molecule has 3 aromatic carbocycles. The van der Waals surface area contributed by atoms with Gasteiger partial charge < -0.3 is 59.0 Å². The minimum absolute atomic E-state index is 0.0208. The molecule has 75 heavy (non-hydrogen) atoms. The van der Waals surface area contributed by atoms with Gasteiger partial charge in [0.1, 0.15) is 11.4 Å². The molecule has 0 saturated carbocycles. The van der Waals surface area contributed by atoms with Gasteiger partial charge in [-0.25, -0.2) is 4.79 Å². The molecule has 1 fully saturated rings. The van der Waals surface area contributed by atoms with Gasteiger partial charge in [0.15, 0.2) is 5.75 Å². The number of benzene rings is 3. The number of nitrogens with zero attached hydrogens (tertiary/aromatic N) is 4. The number of para-hydroxylation sites is 1. The zero-order chi connectivity index (χ0) is 52.4. The van der Waals surface area contributed by atoms with E-state index >= 15 is 0 Å². The fraction of sp³-hybridized carbons (Fsp3) is 0.377. The van der Waals surface area contributed by atoms with Crippen LogP contribution in [0.4, 0.5) is 16.2 Å². The number of alkyl halides is 1. The standard InChI is InChI=1S/C53H57ClN8O12S/c1-33-32-75-50-43(29-42-49(48(33)50)36(30-54)31-62(42)52(68)41-28-35-26-37(6-7-39(35)58-41)56-51(67)40-27-34-4-2-3-5-38(34)57-40)74-53(69)60-16-14-59(15-17-60)45(64)11-18-70-20-22-72-24-25-73-23-21-71-19-12-55-44(63)10-13-61-46(65)8-9-47(61)66/h2-9,26-29,32,36,57-58H,10-25,30-31H2,1H3,(H,55,63)(H,56,67)/t36-/m1/s1. The van der Waals surface area contributed by atoms with Gasteiger partial charge in [0.2, 0.25) is 11.8 Å². The summed E-state index contributed by atoms with van der Waals surface area (Å²) in [5, 5.41) is 10.2. The number of aromatic amines is 2. The van der Waals surface area contributed by atoms with Crippen LogP contribution in [0, 0.1) is 6.92 Å². The average Bonchev–Trinajstić information content (AvgIpc) is 4.26. The number of amides is 7. The van der Waals surface area contributed by atoms with Crippen LogP contribution in [0.15, 0.2) is 78.2 Å². The summed E-state index contributed by atoms with van der Waals surface area (Å²) >= 11 is 8.06.